The topological polar surface area (TPSA) is 46.5 Å². The van der Waals surface area contributed by atoms with Crippen LogP contribution in [0.4, 0.5) is 0 Å². The second kappa shape index (κ2) is 5.77. The minimum Gasteiger partial charge on any atom is -0.491 e. The minimum atomic E-state index is -1.03. The second-order valence-corrected chi connectivity index (χ2v) is 3.73. The lowest BCUT2D eigenvalue weighted by atomic mass is 10.2. The zero-order chi connectivity index (χ0) is 12.1. The third-order valence-corrected chi connectivity index (χ3v) is 2.29. The van der Waals surface area contributed by atoms with Crippen LogP contribution in [0.2, 0.25) is 10.0 Å². The first kappa shape index (κ1) is 12.9. The molecule has 0 fully saturated rings. The molecule has 86 valence electrons. The number of aliphatic carboxylic acids is 1. The van der Waals surface area contributed by atoms with Gasteiger partial charge in [0.05, 0.1) is 16.7 Å². The van der Waals surface area contributed by atoms with Crippen LogP contribution in [0.15, 0.2) is 18.2 Å². The number of carboxylic acids is 1. The molecule has 5 heteroatoms. The summed E-state index contributed by atoms with van der Waals surface area (Å²) in [6.07, 6.45) is 2.43. The molecule has 1 aromatic rings. The largest absolute Gasteiger partial charge is 0.491 e. The highest BCUT2D eigenvalue weighted by Gasteiger charge is 2.08. The van der Waals surface area contributed by atoms with Gasteiger partial charge < -0.3 is 9.84 Å². The Bertz CT molecular complexity index is 404. The molecule has 0 aromatic heterocycles. The molecule has 0 atom stereocenters. The van der Waals surface area contributed by atoms with Crippen LogP contribution < -0.4 is 4.74 Å². The van der Waals surface area contributed by atoms with Crippen molar-refractivity contribution in [3.63, 3.8) is 0 Å². The van der Waals surface area contributed by atoms with Crippen molar-refractivity contribution in [1.29, 1.82) is 0 Å². The molecular weight excluding hydrogens is 251 g/mol. The molecule has 0 aliphatic carbocycles. The number of hydrogen-bond acceptors (Lipinski definition) is 2. The van der Waals surface area contributed by atoms with Crippen molar-refractivity contribution in [2.75, 3.05) is 6.61 Å². The monoisotopic (exact) mass is 260 g/mol. The third kappa shape index (κ3) is 3.43. The first-order chi connectivity index (χ1) is 7.54. The molecule has 0 unspecified atom stereocenters. The molecule has 1 rings (SSSR count). The molecule has 16 heavy (non-hydrogen) atoms. The number of benzene rings is 1. The van der Waals surface area contributed by atoms with Gasteiger partial charge in [0.25, 0.3) is 0 Å². The summed E-state index contributed by atoms with van der Waals surface area (Å²) in [4.78, 5) is 10.3. The van der Waals surface area contributed by atoms with Crippen LogP contribution in [0, 0.1) is 0 Å². The zero-order valence-electron chi connectivity index (χ0n) is 8.54. The molecule has 1 aromatic carbocycles. The van der Waals surface area contributed by atoms with Gasteiger partial charge in [0, 0.05) is 6.08 Å². The van der Waals surface area contributed by atoms with Crippen LogP contribution >= 0.6 is 23.2 Å². The highest BCUT2D eigenvalue weighted by molar-refractivity contribution is 6.37. The summed E-state index contributed by atoms with van der Waals surface area (Å²) in [5.41, 5.74) is 0.612. The molecular formula is C11H10Cl2O3. The fourth-order valence-electron chi connectivity index (χ4n) is 1.13. The van der Waals surface area contributed by atoms with Crippen LogP contribution in [-0.4, -0.2) is 17.7 Å². The van der Waals surface area contributed by atoms with Gasteiger partial charge in [0.15, 0.2) is 5.75 Å². The van der Waals surface area contributed by atoms with E-state index >= 15 is 0 Å². The summed E-state index contributed by atoms with van der Waals surface area (Å²) in [6, 6.07) is 3.19. The van der Waals surface area contributed by atoms with E-state index in [1.165, 1.54) is 6.08 Å². The fourth-order valence-corrected chi connectivity index (χ4v) is 1.74. The van der Waals surface area contributed by atoms with Gasteiger partial charge >= 0.3 is 5.97 Å². The smallest absolute Gasteiger partial charge is 0.328 e. The van der Waals surface area contributed by atoms with E-state index in [-0.39, 0.29) is 0 Å². The van der Waals surface area contributed by atoms with Crippen molar-refractivity contribution in [1.82, 2.24) is 0 Å². The lowest BCUT2D eigenvalue weighted by Gasteiger charge is -2.08. The Morgan fingerprint density at radius 2 is 2.00 bits per heavy atom. The Balaban J connectivity index is 3.04. The average molecular weight is 261 g/mol. The number of hydrogen-bond donors (Lipinski definition) is 1. The lowest BCUT2D eigenvalue weighted by Crippen LogP contribution is -1.93. The van der Waals surface area contributed by atoms with E-state index in [2.05, 4.69) is 0 Å². The van der Waals surface area contributed by atoms with Gasteiger partial charge in [-0.2, -0.15) is 0 Å². The standard InChI is InChI=1S/C11H10Cl2O3/c1-2-16-11-8(12)5-7(6-9(11)13)3-4-10(14)15/h3-6H,2H2,1H3,(H,14,15)/b4-3-. The molecule has 0 spiro atoms. The summed E-state index contributed by atoms with van der Waals surface area (Å²) in [5, 5.41) is 9.20. The van der Waals surface area contributed by atoms with Crippen molar-refractivity contribution in [2.45, 2.75) is 6.92 Å². The van der Waals surface area contributed by atoms with E-state index in [1.54, 1.807) is 12.1 Å². The first-order valence-corrected chi connectivity index (χ1v) is 5.33. The van der Waals surface area contributed by atoms with E-state index in [0.29, 0.717) is 28.0 Å². The lowest BCUT2D eigenvalue weighted by molar-refractivity contribution is -0.131. The van der Waals surface area contributed by atoms with Crippen molar-refractivity contribution in [3.8, 4) is 5.75 Å². The van der Waals surface area contributed by atoms with Crippen LogP contribution in [0.3, 0.4) is 0 Å². The highest BCUT2D eigenvalue weighted by Crippen LogP contribution is 2.34. The SMILES string of the molecule is CCOc1c(Cl)cc(/C=C\C(=O)O)cc1Cl. The molecule has 0 bridgehead atoms. The quantitative estimate of drug-likeness (QED) is 0.844. The predicted octanol–water partition coefficient (Wildman–Crippen LogP) is 3.49. The van der Waals surface area contributed by atoms with Crippen molar-refractivity contribution >= 4 is 35.2 Å². The maximum Gasteiger partial charge on any atom is 0.328 e. The van der Waals surface area contributed by atoms with Gasteiger partial charge in [0.2, 0.25) is 0 Å². The summed E-state index contributed by atoms with van der Waals surface area (Å²) < 4.78 is 5.24. The predicted molar refractivity (Wildman–Crippen MR) is 64.3 cm³/mol. The summed E-state index contributed by atoms with van der Waals surface area (Å²) in [6.45, 7) is 2.29. The van der Waals surface area contributed by atoms with Gasteiger partial charge in [-0.25, -0.2) is 4.79 Å². The number of carboxylic acid groups (broad SMARTS) is 1. The number of rotatable bonds is 4. The van der Waals surface area contributed by atoms with Gasteiger partial charge in [0.1, 0.15) is 0 Å². The van der Waals surface area contributed by atoms with Crippen LogP contribution in [-0.2, 0) is 4.79 Å². The molecule has 0 amide bonds. The Morgan fingerprint density at radius 3 is 2.44 bits per heavy atom. The molecule has 0 aliphatic rings. The van der Waals surface area contributed by atoms with Gasteiger partial charge in [-0.15, -0.1) is 0 Å². The van der Waals surface area contributed by atoms with Crippen LogP contribution in [0.1, 0.15) is 12.5 Å². The molecule has 1 N–H and O–H groups in total. The second-order valence-electron chi connectivity index (χ2n) is 2.92. The normalized spacial score (nSPS) is 10.7. The first-order valence-electron chi connectivity index (χ1n) is 4.57. The Labute approximate surface area is 103 Å². The van der Waals surface area contributed by atoms with E-state index in [0.717, 1.165) is 6.08 Å². The molecule has 0 radical (unpaired) electrons. The van der Waals surface area contributed by atoms with Crippen molar-refractivity contribution in [2.24, 2.45) is 0 Å². The van der Waals surface area contributed by atoms with E-state index in [9.17, 15) is 4.79 Å². The number of ether oxygens (including phenoxy) is 1. The summed E-state index contributed by atoms with van der Waals surface area (Å²) in [5.74, 6) is -0.612. The van der Waals surface area contributed by atoms with Gasteiger partial charge in [-0.3, -0.25) is 0 Å². The molecule has 0 saturated carbocycles. The van der Waals surface area contributed by atoms with Crippen molar-refractivity contribution in [3.05, 3.63) is 33.8 Å². The molecule has 0 heterocycles. The van der Waals surface area contributed by atoms with E-state index in [4.69, 9.17) is 33.0 Å². The van der Waals surface area contributed by atoms with Crippen molar-refractivity contribution < 1.29 is 14.6 Å². The summed E-state index contributed by atoms with van der Waals surface area (Å²) >= 11 is 11.9. The Hall–Kier alpha value is -1.19. The highest BCUT2D eigenvalue weighted by atomic mass is 35.5. The van der Waals surface area contributed by atoms with E-state index in [1.807, 2.05) is 6.92 Å². The number of carbonyl (C=O) groups is 1. The Morgan fingerprint density at radius 1 is 1.44 bits per heavy atom. The number of halogens is 2. The maximum atomic E-state index is 10.3. The Kier molecular flexibility index (Phi) is 4.65. The third-order valence-electron chi connectivity index (χ3n) is 1.73. The van der Waals surface area contributed by atoms with E-state index < -0.39 is 5.97 Å². The molecule has 3 nitrogen and oxygen atoms in total. The molecule has 0 aliphatic heterocycles. The van der Waals surface area contributed by atoms with Gasteiger partial charge in [-0.05, 0) is 30.7 Å². The minimum absolute atomic E-state index is 0.361. The average Bonchev–Trinajstić information content (AvgIpc) is 2.20. The fraction of sp³-hybridized carbons (Fsp3) is 0.182. The van der Waals surface area contributed by atoms with Gasteiger partial charge in [-0.1, -0.05) is 23.2 Å². The van der Waals surface area contributed by atoms with Crippen LogP contribution in [0.5, 0.6) is 5.75 Å². The molecule has 0 saturated heterocycles. The summed E-state index contributed by atoms with van der Waals surface area (Å²) in [7, 11) is 0. The maximum absolute atomic E-state index is 10.3. The zero-order valence-corrected chi connectivity index (χ0v) is 10.0. The van der Waals surface area contributed by atoms with Crippen LogP contribution in [0.25, 0.3) is 6.08 Å².